The third-order valence-corrected chi connectivity index (χ3v) is 4.03. The summed E-state index contributed by atoms with van der Waals surface area (Å²) >= 11 is 0. The fraction of sp³-hybridized carbons (Fsp3) is 0.625. The SMILES string of the molecule is CCNCc1ccc(F)c(CN2CCN(C)CC2C)c1. The summed E-state index contributed by atoms with van der Waals surface area (Å²) in [5.74, 6) is -0.0867. The van der Waals surface area contributed by atoms with Crippen LogP contribution >= 0.6 is 0 Å². The predicted molar refractivity (Wildman–Crippen MR) is 81.1 cm³/mol. The Morgan fingerprint density at radius 3 is 2.85 bits per heavy atom. The topological polar surface area (TPSA) is 18.5 Å². The summed E-state index contributed by atoms with van der Waals surface area (Å²) in [5, 5.41) is 3.29. The lowest BCUT2D eigenvalue weighted by atomic mass is 10.1. The van der Waals surface area contributed by atoms with Crippen LogP contribution in [0.4, 0.5) is 4.39 Å². The standard InChI is InChI=1S/C16H26FN3/c1-4-18-10-14-5-6-16(17)15(9-14)12-20-8-7-19(3)11-13(20)2/h5-6,9,13,18H,4,7-8,10-12H2,1-3H3. The van der Waals surface area contributed by atoms with Gasteiger partial charge >= 0.3 is 0 Å². The van der Waals surface area contributed by atoms with Crippen molar-refractivity contribution in [1.82, 2.24) is 15.1 Å². The van der Waals surface area contributed by atoms with Crippen LogP contribution < -0.4 is 5.32 Å². The number of nitrogens with one attached hydrogen (secondary N) is 1. The van der Waals surface area contributed by atoms with Crippen molar-refractivity contribution >= 4 is 0 Å². The molecule has 0 amide bonds. The molecule has 1 atom stereocenters. The van der Waals surface area contributed by atoms with E-state index in [0.29, 0.717) is 12.6 Å². The first kappa shape index (κ1) is 15.4. The van der Waals surface area contributed by atoms with Crippen LogP contribution in [0, 0.1) is 5.82 Å². The third-order valence-electron chi connectivity index (χ3n) is 4.03. The second-order valence-corrected chi connectivity index (χ2v) is 5.79. The highest BCUT2D eigenvalue weighted by Gasteiger charge is 2.22. The molecule has 1 aromatic carbocycles. The minimum Gasteiger partial charge on any atom is -0.313 e. The van der Waals surface area contributed by atoms with E-state index in [1.54, 1.807) is 6.07 Å². The summed E-state index contributed by atoms with van der Waals surface area (Å²) in [5.41, 5.74) is 1.97. The van der Waals surface area contributed by atoms with Gasteiger partial charge in [-0.05, 0) is 32.1 Å². The number of halogens is 1. The monoisotopic (exact) mass is 279 g/mol. The molecule has 0 aromatic heterocycles. The maximum Gasteiger partial charge on any atom is 0.127 e. The van der Waals surface area contributed by atoms with Crippen molar-refractivity contribution in [3.63, 3.8) is 0 Å². The smallest absolute Gasteiger partial charge is 0.127 e. The van der Waals surface area contributed by atoms with Gasteiger partial charge in [0.15, 0.2) is 0 Å². The van der Waals surface area contributed by atoms with E-state index in [4.69, 9.17) is 0 Å². The largest absolute Gasteiger partial charge is 0.313 e. The van der Waals surface area contributed by atoms with Crippen molar-refractivity contribution in [2.45, 2.75) is 33.0 Å². The number of likely N-dealkylation sites (N-methyl/N-ethyl adjacent to an activating group) is 1. The Morgan fingerprint density at radius 2 is 2.15 bits per heavy atom. The Balaban J connectivity index is 2.04. The van der Waals surface area contributed by atoms with Crippen LogP contribution in [0.3, 0.4) is 0 Å². The maximum atomic E-state index is 14.0. The number of benzene rings is 1. The highest BCUT2D eigenvalue weighted by molar-refractivity contribution is 5.25. The van der Waals surface area contributed by atoms with Crippen molar-refractivity contribution in [2.24, 2.45) is 0 Å². The van der Waals surface area contributed by atoms with E-state index >= 15 is 0 Å². The van der Waals surface area contributed by atoms with Gasteiger partial charge in [0, 0.05) is 44.3 Å². The summed E-state index contributed by atoms with van der Waals surface area (Å²) in [6, 6.07) is 5.95. The first-order valence-corrected chi connectivity index (χ1v) is 7.50. The molecule has 0 spiro atoms. The summed E-state index contributed by atoms with van der Waals surface area (Å²) in [4.78, 5) is 4.70. The molecule has 2 rings (SSSR count). The normalized spacial score (nSPS) is 21.3. The maximum absolute atomic E-state index is 14.0. The summed E-state index contributed by atoms with van der Waals surface area (Å²) < 4.78 is 14.0. The molecule has 1 aliphatic rings. The van der Waals surface area contributed by atoms with Crippen LogP contribution in [0.1, 0.15) is 25.0 Å². The van der Waals surface area contributed by atoms with Gasteiger partial charge in [0.2, 0.25) is 0 Å². The first-order valence-electron chi connectivity index (χ1n) is 7.50. The summed E-state index contributed by atoms with van der Waals surface area (Å²) in [6.07, 6.45) is 0. The van der Waals surface area contributed by atoms with E-state index in [1.807, 2.05) is 12.1 Å². The molecule has 3 nitrogen and oxygen atoms in total. The molecule has 1 saturated heterocycles. The fourth-order valence-corrected chi connectivity index (χ4v) is 2.76. The molecule has 1 heterocycles. The molecule has 0 radical (unpaired) electrons. The van der Waals surface area contributed by atoms with E-state index < -0.39 is 0 Å². The molecular weight excluding hydrogens is 253 g/mol. The Hall–Kier alpha value is -0.970. The predicted octanol–water partition coefficient (Wildman–Crippen LogP) is 2.07. The minimum absolute atomic E-state index is 0.0867. The lowest BCUT2D eigenvalue weighted by Gasteiger charge is -2.38. The van der Waals surface area contributed by atoms with Crippen molar-refractivity contribution in [1.29, 1.82) is 0 Å². The lowest BCUT2D eigenvalue weighted by Crippen LogP contribution is -2.49. The van der Waals surface area contributed by atoms with Crippen molar-refractivity contribution in [3.8, 4) is 0 Å². The third kappa shape index (κ3) is 4.01. The van der Waals surface area contributed by atoms with Gasteiger partial charge in [0.25, 0.3) is 0 Å². The van der Waals surface area contributed by atoms with E-state index in [0.717, 1.165) is 43.9 Å². The molecule has 1 unspecified atom stereocenters. The summed E-state index contributed by atoms with van der Waals surface area (Å²) in [7, 11) is 2.14. The quantitative estimate of drug-likeness (QED) is 0.890. The molecule has 20 heavy (non-hydrogen) atoms. The van der Waals surface area contributed by atoms with Gasteiger partial charge in [-0.25, -0.2) is 4.39 Å². The second-order valence-electron chi connectivity index (χ2n) is 5.79. The average molecular weight is 279 g/mol. The van der Waals surface area contributed by atoms with E-state index in [9.17, 15) is 4.39 Å². The number of nitrogens with zero attached hydrogens (tertiary/aromatic N) is 2. The number of hydrogen-bond acceptors (Lipinski definition) is 3. The van der Waals surface area contributed by atoms with E-state index in [1.165, 1.54) is 0 Å². The number of rotatable bonds is 5. The van der Waals surface area contributed by atoms with Gasteiger partial charge in [-0.2, -0.15) is 0 Å². The minimum atomic E-state index is -0.0867. The molecule has 1 aliphatic heterocycles. The van der Waals surface area contributed by atoms with E-state index in [-0.39, 0.29) is 5.82 Å². The van der Waals surface area contributed by atoms with Crippen LogP contribution in [-0.4, -0.2) is 49.1 Å². The molecule has 0 aliphatic carbocycles. The number of hydrogen-bond donors (Lipinski definition) is 1. The van der Waals surface area contributed by atoms with Gasteiger partial charge in [0.1, 0.15) is 5.82 Å². The average Bonchev–Trinajstić information content (AvgIpc) is 2.42. The van der Waals surface area contributed by atoms with Gasteiger partial charge in [-0.1, -0.05) is 19.1 Å². The Labute approximate surface area is 121 Å². The van der Waals surface area contributed by atoms with Gasteiger partial charge < -0.3 is 10.2 Å². The van der Waals surface area contributed by atoms with Gasteiger partial charge in [-0.15, -0.1) is 0 Å². The molecule has 4 heteroatoms. The van der Waals surface area contributed by atoms with Crippen LogP contribution in [0.15, 0.2) is 18.2 Å². The summed E-state index contributed by atoms with van der Waals surface area (Å²) in [6.45, 7) is 9.87. The molecular formula is C16H26FN3. The van der Waals surface area contributed by atoms with Gasteiger partial charge in [0.05, 0.1) is 0 Å². The van der Waals surface area contributed by atoms with Crippen molar-refractivity contribution in [2.75, 3.05) is 33.2 Å². The van der Waals surface area contributed by atoms with E-state index in [2.05, 4.69) is 36.0 Å². The zero-order chi connectivity index (χ0) is 14.5. The molecule has 0 bridgehead atoms. The van der Waals surface area contributed by atoms with Crippen LogP contribution in [-0.2, 0) is 13.1 Å². The Kier molecular flexibility index (Phi) is 5.52. The molecule has 112 valence electrons. The molecule has 0 saturated carbocycles. The highest BCUT2D eigenvalue weighted by atomic mass is 19.1. The lowest BCUT2D eigenvalue weighted by molar-refractivity contribution is 0.0928. The highest BCUT2D eigenvalue weighted by Crippen LogP contribution is 2.17. The second kappa shape index (κ2) is 7.16. The Bertz CT molecular complexity index is 436. The van der Waals surface area contributed by atoms with Crippen LogP contribution in [0.2, 0.25) is 0 Å². The molecule has 1 fully saturated rings. The van der Waals surface area contributed by atoms with Crippen LogP contribution in [0.25, 0.3) is 0 Å². The van der Waals surface area contributed by atoms with Crippen LogP contribution in [0.5, 0.6) is 0 Å². The van der Waals surface area contributed by atoms with Crippen molar-refractivity contribution < 1.29 is 4.39 Å². The molecule has 1 aromatic rings. The zero-order valence-electron chi connectivity index (χ0n) is 12.8. The zero-order valence-corrected chi connectivity index (χ0v) is 12.8. The fourth-order valence-electron chi connectivity index (χ4n) is 2.76. The number of piperazine rings is 1. The van der Waals surface area contributed by atoms with Gasteiger partial charge in [-0.3, -0.25) is 4.90 Å². The van der Waals surface area contributed by atoms with Crippen molar-refractivity contribution in [3.05, 3.63) is 35.1 Å². The Morgan fingerprint density at radius 1 is 1.35 bits per heavy atom. The molecule has 1 N–H and O–H groups in total. The first-order chi connectivity index (χ1) is 9.60.